The van der Waals surface area contributed by atoms with Gasteiger partial charge in [0.15, 0.2) is 0 Å². The minimum atomic E-state index is -0.412. The standard InChI is InChI=1S/C43H28/c1-3-14-32(15-4-1)43(33-16-5-2-6-17-33)41-22-12-11-21-38(41)39-26-24-30-27-31(23-25-35(30)42(39)43)40-28-29-13-7-8-18-34(29)36-19-9-10-20-37(36)40/h1-28H. The zero-order chi connectivity index (χ0) is 28.4. The molecule has 0 bridgehead atoms. The molecule has 0 heterocycles. The van der Waals surface area contributed by atoms with Gasteiger partial charge in [-0.2, -0.15) is 0 Å². The molecule has 0 radical (unpaired) electrons. The Morgan fingerprint density at radius 1 is 0.326 bits per heavy atom. The van der Waals surface area contributed by atoms with Gasteiger partial charge in [-0.1, -0.05) is 158 Å². The lowest BCUT2D eigenvalue weighted by Crippen LogP contribution is -2.28. The van der Waals surface area contributed by atoms with Gasteiger partial charge in [0, 0.05) is 0 Å². The Bertz CT molecular complexity index is 2290. The first-order valence-electron chi connectivity index (χ1n) is 15.0. The largest absolute Gasteiger partial charge is 0.0719 e. The van der Waals surface area contributed by atoms with Crippen LogP contribution in [0.15, 0.2) is 170 Å². The third-order valence-corrected chi connectivity index (χ3v) is 9.51. The van der Waals surface area contributed by atoms with Crippen LogP contribution in [0.3, 0.4) is 0 Å². The van der Waals surface area contributed by atoms with E-state index >= 15 is 0 Å². The van der Waals surface area contributed by atoms with Crippen molar-refractivity contribution in [2.24, 2.45) is 0 Å². The second kappa shape index (κ2) is 9.28. The quantitative estimate of drug-likeness (QED) is 0.194. The molecule has 0 unspecified atom stereocenters. The fourth-order valence-corrected chi connectivity index (χ4v) is 7.74. The van der Waals surface area contributed by atoms with E-state index in [9.17, 15) is 0 Å². The Kier molecular flexibility index (Phi) is 5.21. The molecule has 43 heavy (non-hydrogen) atoms. The second-order valence-electron chi connectivity index (χ2n) is 11.6. The predicted molar refractivity (Wildman–Crippen MR) is 182 cm³/mol. The molecular formula is C43H28. The molecule has 0 aliphatic heterocycles. The Morgan fingerprint density at radius 2 is 0.930 bits per heavy atom. The first kappa shape index (κ1) is 24.2. The third kappa shape index (κ3) is 3.38. The minimum Gasteiger partial charge on any atom is -0.0622 e. The summed E-state index contributed by atoms with van der Waals surface area (Å²) in [5.41, 5.74) is 10.1. The summed E-state index contributed by atoms with van der Waals surface area (Å²) < 4.78 is 0. The van der Waals surface area contributed by atoms with Crippen LogP contribution in [0.1, 0.15) is 22.3 Å². The van der Waals surface area contributed by atoms with Crippen LogP contribution < -0.4 is 0 Å². The Morgan fingerprint density at radius 3 is 1.70 bits per heavy atom. The number of fused-ring (bicyclic) bond motifs is 8. The van der Waals surface area contributed by atoms with Crippen molar-refractivity contribution in [1.82, 2.24) is 0 Å². The zero-order valence-electron chi connectivity index (χ0n) is 23.7. The van der Waals surface area contributed by atoms with Crippen molar-refractivity contribution in [3.05, 3.63) is 192 Å². The average molecular weight is 545 g/mol. The first-order chi connectivity index (χ1) is 21.3. The van der Waals surface area contributed by atoms with E-state index in [1.54, 1.807) is 0 Å². The van der Waals surface area contributed by atoms with E-state index in [2.05, 4.69) is 170 Å². The van der Waals surface area contributed by atoms with Crippen molar-refractivity contribution in [2.75, 3.05) is 0 Å². The van der Waals surface area contributed by atoms with Crippen molar-refractivity contribution >= 4 is 32.3 Å². The van der Waals surface area contributed by atoms with Crippen molar-refractivity contribution < 1.29 is 0 Å². The topological polar surface area (TPSA) is 0 Å². The summed E-state index contributed by atoms with van der Waals surface area (Å²) in [6, 6.07) is 62.8. The van der Waals surface area contributed by atoms with Crippen LogP contribution >= 0.6 is 0 Å². The fourth-order valence-electron chi connectivity index (χ4n) is 7.74. The third-order valence-electron chi connectivity index (χ3n) is 9.51. The second-order valence-corrected chi connectivity index (χ2v) is 11.6. The monoisotopic (exact) mass is 544 g/mol. The van der Waals surface area contributed by atoms with Crippen LogP contribution in [-0.4, -0.2) is 0 Å². The lowest BCUT2D eigenvalue weighted by molar-refractivity contribution is 0.775. The lowest BCUT2D eigenvalue weighted by Gasteiger charge is -2.34. The molecule has 8 aromatic rings. The molecule has 200 valence electrons. The smallest absolute Gasteiger partial charge is 0.0622 e. The van der Waals surface area contributed by atoms with Crippen LogP contribution in [-0.2, 0) is 5.41 Å². The highest BCUT2D eigenvalue weighted by Gasteiger charge is 2.46. The van der Waals surface area contributed by atoms with Crippen LogP contribution in [0.2, 0.25) is 0 Å². The first-order valence-corrected chi connectivity index (χ1v) is 15.0. The summed E-state index contributed by atoms with van der Waals surface area (Å²) in [7, 11) is 0. The molecule has 1 aliphatic rings. The van der Waals surface area contributed by atoms with Gasteiger partial charge in [0.25, 0.3) is 0 Å². The molecule has 1 aliphatic carbocycles. The highest BCUT2D eigenvalue weighted by molar-refractivity contribution is 6.14. The van der Waals surface area contributed by atoms with Crippen LogP contribution in [0.4, 0.5) is 0 Å². The molecule has 0 fully saturated rings. The van der Waals surface area contributed by atoms with E-state index in [4.69, 9.17) is 0 Å². The minimum absolute atomic E-state index is 0.412. The van der Waals surface area contributed by atoms with Gasteiger partial charge in [0.2, 0.25) is 0 Å². The summed E-state index contributed by atoms with van der Waals surface area (Å²) in [4.78, 5) is 0. The summed E-state index contributed by atoms with van der Waals surface area (Å²) in [5.74, 6) is 0. The van der Waals surface area contributed by atoms with E-state index in [0.717, 1.165) is 0 Å². The molecule has 0 heteroatoms. The van der Waals surface area contributed by atoms with Gasteiger partial charge in [-0.15, -0.1) is 0 Å². The number of hydrogen-bond donors (Lipinski definition) is 0. The van der Waals surface area contributed by atoms with E-state index in [1.807, 2.05) is 0 Å². The molecule has 0 atom stereocenters. The van der Waals surface area contributed by atoms with Gasteiger partial charge >= 0.3 is 0 Å². The van der Waals surface area contributed by atoms with Gasteiger partial charge in [-0.3, -0.25) is 0 Å². The molecule has 0 saturated carbocycles. The molecule has 8 aromatic carbocycles. The average Bonchev–Trinajstić information content (AvgIpc) is 3.40. The normalized spacial score (nSPS) is 13.3. The highest BCUT2D eigenvalue weighted by atomic mass is 14.5. The maximum absolute atomic E-state index is 2.40. The van der Waals surface area contributed by atoms with Gasteiger partial charge in [-0.05, 0) is 89.0 Å². The van der Waals surface area contributed by atoms with E-state index in [-0.39, 0.29) is 0 Å². The molecule has 0 aromatic heterocycles. The molecule has 0 nitrogen and oxygen atoms in total. The van der Waals surface area contributed by atoms with E-state index in [0.29, 0.717) is 0 Å². The molecule has 0 N–H and O–H groups in total. The van der Waals surface area contributed by atoms with Crippen molar-refractivity contribution in [2.45, 2.75) is 5.41 Å². The number of hydrogen-bond acceptors (Lipinski definition) is 0. The van der Waals surface area contributed by atoms with Crippen molar-refractivity contribution in [3.8, 4) is 22.3 Å². The summed E-state index contributed by atoms with van der Waals surface area (Å²) in [6.07, 6.45) is 0. The molecule has 0 spiro atoms. The van der Waals surface area contributed by atoms with Crippen LogP contribution in [0.25, 0.3) is 54.6 Å². The zero-order valence-corrected chi connectivity index (χ0v) is 23.7. The Hall–Kier alpha value is -5.46. The van der Waals surface area contributed by atoms with Crippen molar-refractivity contribution in [3.63, 3.8) is 0 Å². The van der Waals surface area contributed by atoms with Gasteiger partial charge < -0.3 is 0 Å². The van der Waals surface area contributed by atoms with Crippen LogP contribution in [0.5, 0.6) is 0 Å². The summed E-state index contributed by atoms with van der Waals surface area (Å²) >= 11 is 0. The number of benzene rings is 8. The van der Waals surface area contributed by atoms with Crippen LogP contribution in [0, 0.1) is 0 Å². The Labute approximate surface area is 251 Å². The SMILES string of the molecule is c1ccc(C2(c3ccccc3)c3ccccc3-c3ccc4cc(-c5cc6ccccc6c6ccccc56)ccc4c32)cc1. The summed E-state index contributed by atoms with van der Waals surface area (Å²) in [5, 5.41) is 7.72. The maximum Gasteiger partial charge on any atom is 0.0719 e. The van der Waals surface area contributed by atoms with Gasteiger partial charge in [0.1, 0.15) is 0 Å². The number of rotatable bonds is 3. The van der Waals surface area contributed by atoms with E-state index in [1.165, 1.54) is 76.8 Å². The van der Waals surface area contributed by atoms with Gasteiger partial charge in [0.05, 0.1) is 5.41 Å². The van der Waals surface area contributed by atoms with E-state index < -0.39 is 5.41 Å². The molecule has 0 saturated heterocycles. The van der Waals surface area contributed by atoms with Gasteiger partial charge in [-0.25, -0.2) is 0 Å². The molecule has 9 rings (SSSR count). The molecular weight excluding hydrogens is 516 g/mol. The lowest BCUT2D eigenvalue weighted by atomic mass is 9.66. The highest BCUT2D eigenvalue weighted by Crippen LogP contribution is 2.58. The predicted octanol–water partition coefficient (Wildman–Crippen LogP) is 11.2. The Balaban J connectivity index is 1.37. The summed E-state index contributed by atoms with van der Waals surface area (Å²) in [6.45, 7) is 0. The van der Waals surface area contributed by atoms with Crippen molar-refractivity contribution in [1.29, 1.82) is 0 Å². The molecule has 0 amide bonds. The fraction of sp³-hybridized carbons (Fsp3) is 0.0233. The maximum atomic E-state index is 2.40.